The van der Waals surface area contributed by atoms with E-state index in [0.29, 0.717) is 0 Å². The molecule has 90 valence electrons. The van der Waals surface area contributed by atoms with E-state index in [4.69, 9.17) is 10.5 Å². The van der Waals surface area contributed by atoms with E-state index in [2.05, 4.69) is 10.3 Å². The van der Waals surface area contributed by atoms with Crippen molar-refractivity contribution in [2.75, 3.05) is 31.3 Å². The molecule has 16 heavy (non-hydrogen) atoms. The summed E-state index contributed by atoms with van der Waals surface area (Å²) in [6.45, 7) is 3.73. The minimum absolute atomic E-state index is 0.789. The molecule has 1 aromatic rings. The molecule has 0 saturated heterocycles. The van der Waals surface area contributed by atoms with Gasteiger partial charge in [0, 0.05) is 38.2 Å². The molecule has 4 heteroatoms. The van der Waals surface area contributed by atoms with Gasteiger partial charge in [0.25, 0.3) is 0 Å². The molecule has 1 aromatic heterocycles. The maximum Gasteiger partial charge on any atom is 0.127 e. The fourth-order valence-corrected chi connectivity index (χ4v) is 1.40. The molecule has 0 bridgehead atoms. The Morgan fingerprint density at radius 1 is 1.38 bits per heavy atom. The van der Waals surface area contributed by atoms with Gasteiger partial charge in [-0.15, -0.1) is 0 Å². The van der Waals surface area contributed by atoms with E-state index in [1.54, 1.807) is 13.3 Å². The first-order chi connectivity index (χ1) is 7.74. The maximum atomic E-state index is 5.79. The topological polar surface area (TPSA) is 60.2 Å². The Bertz CT molecular complexity index is 315. The van der Waals surface area contributed by atoms with Crippen LogP contribution in [-0.2, 0) is 4.74 Å². The molecule has 0 atom stereocenters. The average molecular weight is 223 g/mol. The second-order valence-corrected chi connectivity index (χ2v) is 3.91. The number of nitrogens with one attached hydrogen (secondary N) is 1. The van der Waals surface area contributed by atoms with Crippen molar-refractivity contribution in [3.8, 4) is 0 Å². The van der Waals surface area contributed by atoms with Crippen molar-refractivity contribution in [2.24, 2.45) is 0 Å². The van der Waals surface area contributed by atoms with Gasteiger partial charge in [0.15, 0.2) is 0 Å². The number of ether oxygens (including phenoxy) is 1. The number of anilines is 2. The third-order valence-corrected chi connectivity index (χ3v) is 2.48. The zero-order valence-corrected chi connectivity index (χ0v) is 10.1. The van der Waals surface area contributed by atoms with Gasteiger partial charge in [-0.05, 0) is 31.7 Å². The summed E-state index contributed by atoms with van der Waals surface area (Å²) >= 11 is 0. The summed E-state index contributed by atoms with van der Waals surface area (Å²) in [5.74, 6) is 0.856. The van der Waals surface area contributed by atoms with Crippen LogP contribution in [-0.4, -0.2) is 25.2 Å². The van der Waals surface area contributed by atoms with Crippen molar-refractivity contribution in [2.45, 2.75) is 26.2 Å². The van der Waals surface area contributed by atoms with Crippen molar-refractivity contribution in [1.29, 1.82) is 0 Å². The first-order valence-corrected chi connectivity index (χ1v) is 5.69. The molecule has 1 rings (SSSR count). The largest absolute Gasteiger partial charge is 0.398 e. The molecule has 0 spiro atoms. The smallest absolute Gasteiger partial charge is 0.127 e. The molecule has 0 aliphatic heterocycles. The van der Waals surface area contributed by atoms with Crippen LogP contribution in [0.4, 0.5) is 11.5 Å². The summed E-state index contributed by atoms with van der Waals surface area (Å²) in [7, 11) is 1.73. The Morgan fingerprint density at radius 3 is 2.88 bits per heavy atom. The van der Waals surface area contributed by atoms with Crippen molar-refractivity contribution in [1.82, 2.24) is 4.98 Å². The highest BCUT2D eigenvalue weighted by Gasteiger charge is 1.97. The van der Waals surface area contributed by atoms with Crippen LogP contribution in [0, 0.1) is 6.92 Å². The van der Waals surface area contributed by atoms with Crippen LogP contribution < -0.4 is 11.1 Å². The molecule has 0 saturated carbocycles. The number of aryl methyl sites for hydroxylation is 1. The Labute approximate surface area is 97.2 Å². The van der Waals surface area contributed by atoms with Gasteiger partial charge < -0.3 is 15.8 Å². The molecule has 0 aliphatic carbocycles. The van der Waals surface area contributed by atoms with Gasteiger partial charge in [-0.2, -0.15) is 0 Å². The van der Waals surface area contributed by atoms with Crippen LogP contribution >= 0.6 is 0 Å². The lowest BCUT2D eigenvalue weighted by molar-refractivity contribution is 0.192. The van der Waals surface area contributed by atoms with Gasteiger partial charge in [0.1, 0.15) is 5.82 Å². The third-order valence-electron chi connectivity index (χ3n) is 2.48. The number of nitrogen functional groups attached to an aromatic ring is 1. The summed E-state index contributed by atoms with van der Waals surface area (Å²) in [4.78, 5) is 4.26. The first kappa shape index (κ1) is 12.8. The van der Waals surface area contributed by atoms with Crippen LogP contribution in [0.25, 0.3) is 0 Å². The number of pyridine rings is 1. The molecule has 0 amide bonds. The number of hydrogen-bond donors (Lipinski definition) is 2. The van der Waals surface area contributed by atoms with E-state index in [0.717, 1.165) is 43.1 Å². The fraction of sp³-hybridized carbons (Fsp3) is 0.583. The zero-order valence-electron chi connectivity index (χ0n) is 10.1. The van der Waals surface area contributed by atoms with Gasteiger partial charge in [-0.1, -0.05) is 0 Å². The number of hydrogen-bond acceptors (Lipinski definition) is 4. The lowest BCUT2D eigenvalue weighted by Crippen LogP contribution is -2.04. The van der Waals surface area contributed by atoms with Crippen molar-refractivity contribution < 1.29 is 4.74 Å². The van der Waals surface area contributed by atoms with Crippen LogP contribution in [0.2, 0.25) is 0 Å². The second-order valence-electron chi connectivity index (χ2n) is 3.91. The second kappa shape index (κ2) is 7.06. The van der Waals surface area contributed by atoms with Crippen LogP contribution in [0.1, 0.15) is 24.8 Å². The van der Waals surface area contributed by atoms with E-state index >= 15 is 0 Å². The lowest BCUT2D eigenvalue weighted by Gasteiger charge is -2.07. The molecule has 4 nitrogen and oxygen atoms in total. The summed E-state index contributed by atoms with van der Waals surface area (Å²) in [5.41, 5.74) is 7.60. The highest BCUT2D eigenvalue weighted by atomic mass is 16.5. The molecule has 0 fully saturated rings. The first-order valence-electron chi connectivity index (χ1n) is 5.69. The van der Waals surface area contributed by atoms with Gasteiger partial charge in [-0.25, -0.2) is 4.98 Å². The van der Waals surface area contributed by atoms with E-state index in [1.807, 2.05) is 13.0 Å². The minimum Gasteiger partial charge on any atom is -0.398 e. The SMILES string of the molecule is COCCCCCNc1cc(N)c(C)cn1. The highest BCUT2D eigenvalue weighted by molar-refractivity contribution is 5.53. The number of aromatic nitrogens is 1. The molecule has 1 heterocycles. The van der Waals surface area contributed by atoms with Crippen molar-refractivity contribution in [3.63, 3.8) is 0 Å². The Balaban J connectivity index is 2.19. The summed E-state index contributed by atoms with van der Waals surface area (Å²) in [5, 5.41) is 3.26. The normalized spacial score (nSPS) is 10.4. The molecule has 0 radical (unpaired) electrons. The number of unbranched alkanes of at least 4 members (excludes halogenated alkanes) is 2. The third kappa shape index (κ3) is 4.49. The van der Waals surface area contributed by atoms with Crippen molar-refractivity contribution >= 4 is 11.5 Å². The lowest BCUT2D eigenvalue weighted by atomic mass is 10.2. The van der Waals surface area contributed by atoms with Gasteiger partial charge in [-0.3, -0.25) is 0 Å². The number of methoxy groups -OCH3 is 1. The highest BCUT2D eigenvalue weighted by Crippen LogP contribution is 2.13. The van der Waals surface area contributed by atoms with Gasteiger partial charge in [0.05, 0.1) is 0 Å². The molecular weight excluding hydrogens is 202 g/mol. The van der Waals surface area contributed by atoms with Crippen LogP contribution in [0.3, 0.4) is 0 Å². The van der Waals surface area contributed by atoms with Gasteiger partial charge in [0.2, 0.25) is 0 Å². The standard InChI is InChI=1S/C12H21N3O/c1-10-9-15-12(8-11(10)13)14-6-4-3-5-7-16-2/h8-9H,3-7H2,1-2H3,(H3,13,14,15). The summed E-state index contributed by atoms with van der Waals surface area (Å²) < 4.78 is 4.99. The quantitative estimate of drug-likeness (QED) is 0.696. The predicted octanol–water partition coefficient (Wildman–Crippen LogP) is 2.20. The monoisotopic (exact) mass is 223 g/mol. The average Bonchev–Trinajstić information content (AvgIpc) is 2.28. The number of nitrogens with two attached hydrogens (primary N) is 1. The Hall–Kier alpha value is -1.29. The van der Waals surface area contributed by atoms with E-state index in [1.165, 1.54) is 6.42 Å². The summed E-state index contributed by atoms with van der Waals surface area (Å²) in [6.07, 6.45) is 5.20. The maximum absolute atomic E-state index is 5.79. The van der Waals surface area contributed by atoms with Crippen LogP contribution in [0.15, 0.2) is 12.3 Å². The molecule has 0 aliphatic rings. The predicted molar refractivity (Wildman–Crippen MR) is 67.6 cm³/mol. The van der Waals surface area contributed by atoms with Gasteiger partial charge >= 0.3 is 0 Å². The van der Waals surface area contributed by atoms with Crippen molar-refractivity contribution in [3.05, 3.63) is 17.8 Å². The van der Waals surface area contributed by atoms with E-state index in [9.17, 15) is 0 Å². The summed E-state index contributed by atoms with van der Waals surface area (Å²) in [6, 6.07) is 1.88. The fourth-order valence-electron chi connectivity index (χ4n) is 1.40. The Morgan fingerprint density at radius 2 is 2.19 bits per heavy atom. The number of nitrogens with zero attached hydrogens (tertiary/aromatic N) is 1. The number of rotatable bonds is 7. The molecule has 0 aromatic carbocycles. The molecular formula is C12H21N3O. The van der Waals surface area contributed by atoms with E-state index < -0.39 is 0 Å². The van der Waals surface area contributed by atoms with E-state index in [-0.39, 0.29) is 0 Å². The zero-order chi connectivity index (χ0) is 11.8. The Kier molecular flexibility index (Phi) is 5.64. The van der Waals surface area contributed by atoms with Crippen LogP contribution in [0.5, 0.6) is 0 Å². The minimum atomic E-state index is 0.789. The molecule has 0 unspecified atom stereocenters. The molecule has 3 N–H and O–H groups in total.